The van der Waals surface area contributed by atoms with Gasteiger partial charge in [-0.3, -0.25) is 0 Å². The Kier molecular flexibility index (Phi) is 7.99. The first kappa shape index (κ1) is 22.1. The van der Waals surface area contributed by atoms with Crippen molar-refractivity contribution in [3.8, 4) is 0 Å². The number of benzene rings is 3. The molecule has 0 saturated heterocycles. The molecule has 0 aliphatic rings. The lowest BCUT2D eigenvalue weighted by molar-refractivity contribution is 0.825. The number of hydrogen-bond acceptors (Lipinski definition) is 2. The fourth-order valence-corrected chi connectivity index (χ4v) is 6.48. The van der Waals surface area contributed by atoms with Crippen LogP contribution in [-0.2, 0) is 6.42 Å². The lowest BCUT2D eigenvalue weighted by atomic mass is 10.1. The van der Waals surface area contributed by atoms with E-state index in [1.54, 1.807) is 11.3 Å². The van der Waals surface area contributed by atoms with Crippen LogP contribution in [0.2, 0.25) is 0 Å². The van der Waals surface area contributed by atoms with E-state index >= 15 is 0 Å². The van der Waals surface area contributed by atoms with Crippen LogP contribution in [0.3, 0.4) is 0 Å². The first-order chi connectivity index (χ1) is 13.7. The van der Waals surface area contributed by atoms with Crippen LogP contribution >= 0.6 is 43.2 Å². The Labute approximate surface area is 196 Å². The Hall–Kier alpha value is -1.55. The third-order valence-corrected chi connectivity index (χ3v) is 8.05. The highest BCUT2D eigenvalue weighted by Gasteiger charge is 2.16. The standard InChI is InChI=1S/C25H24NPS.HI/c1-19(2)24-18-28-25(26-24)17-20-13-15-23(16-14-20)27(21-9-5-3-6-10-21)22-11-7-4-8-12-22;/h3-16,18-19H,17H2,1-2H3;1H. The Bertz CT molecular complexity index is 974. The van der Waals surface area contributed by atoms with Crippen molar-refractivity contribution in [2.45, 2.75) is 26.2 Å². The van der Waals surface area contributed by atoms with Gasteiger partial charge in [-0.15, -0.1) is 35.3 Å². The zero-order chi connectivity index (χ0) is 19.3. The van der Waals surface area contributed by atoms with Gasteiger partial charge >= 0.3 is 0 Å². The van der Waals surface area contributed by atoms with Crippen molar-refractivity contribution in [2.24, 2.45) is 0 Å². The van der Waals surface area contributed by atoms with Crippen molar-refractivity contribution < 1.29 is 0 Å². The third-order valence-electron chi connectivity index (χ3n) is 4.74. The average Bonchev–Trinajstić information content (AvgIpc) is 3.20. The van der Waals surface area contributed by atoms with E-state index in [0.29, 0.717) is 5.92 Å². The number of aromatic nitrogens is 1. The van der Waals surface area contributed by atoms with Crippen molar-refractivity contribution in [1.82, 2.24) is 4.98 Å². The molecule has 0 amide bonds. The molecule has 0 fully saturated rings. The van der Waals surface area contributed by atoms with Crippen LogP contribution in [0.5, 0.6) is 0 Å². The van der Waals surface area contributed by atoms with Gasteiger partial charge in [0.2, 0.25) is 0 Å². The molecule has 4 aromatic rings. The molecule has 1 heterocycles. The summed E-state index contributed by atoms with van der Waals surface area (Å²) in [5, 5.41) is 7.55. The van der Waals surface area contributed by atoms with Crippen molar-refractivity contribution in [1.29, 1.82) is 0 Å². The van der Waals surface area contributed by atoms with Crippen molar-refractivity contribution in [3.63, 3.8) is 0 Å². The number of rotatable bonds is 6. The number of hydrogen-bond donors (Lipinski definition) is 0. The molecular weight excluding hydrogens is 504 g/mol. The minimum absolute atomic E-state index is 0. The molecule has 0 N–H and O–H groups in total. The van der Waals surface area contributed by atoms with Crippen LogP contribution in [0.4, 0.5) is 0 Å². The largest absolute Gasteiger partial charge is 0.246 e. The topological polar surface area (TPSA) is 12.9 Å². The Morgan fingerprint density at radius 2 is 1.28 bits per heavy atom. The SMILES string of the molecule is CC(C)c1csc(Cc2ccc(P(c3ccccc3)c3ccccc3)cc2)n1.I. The van der Waals surface area contributed by atoms with Crippen molar-refractivity contribution in [3.05, 3.63) is 107 Å². The molecule has 0 bridgehead atoms. The summed E-state index contributed by atoms with van der Waals surface area (Å²) in [6.45, 7) is 4.40. The van der Waals surface area contributed by atoms with Gasteiger partial charge in [-0.25, -0.2) is 4.98 Å². The van der Waals surface area contributed by atoms with Gasteiger partial charge in [-0.1, -0.05) is 98.8 Å². The Morgan fingerprint density at radius 1 is 0.759 bits per heavy atom. The fourth-order valence-electron chi connectivity index (χ4n) is 3.21. The van der Waals surface area contributed by atoms with Crippen LogP contribution in [0.25, 0.3) is 0 Å². The van der Waals surface area contributed by atoms with E-state index in [9.17, 15) is 0 Å². The van der Waals surface area contributed by atoms with Gasteiger partial charge in [0.15, 0.2) is 0 Å². The molecule has 0 aliphatic heterocycles. The second kappa shape index (κ2) is 10.5. The molecule has 0 radical (unpaired) electrons. The molecule has 4 rings (SSSR count). The first-order valence-electron chi connectivity index (χ1n) is 9.64. The number of thiazole rings is 1. The summed E-state index contributed by atoms with van der Waals surface area (Å²) in [6.07, 6.45) is 0.909. The normalized spacial score (nSPS) is 10.9. The molecule has 29 heavy (non-hydrogen) atoms. The molecule has 0 spiro atoms. The summed E-state index contributed by atoms with van der Waals surface area (Å²) >= 11 is 1.77. The first-order valence-corrected chi connectivity index (χ1v) is 11.9. The quantitative estimate of drug-likeness (QED) is 0.213. The summed E-state index contributed by atoms with van der Waals surface area (Å²) in [5.74, 6) is 0.493. The molecule has 0 aliphatic carbocycles. The van der Waals surface area contributed by atoms with E-state index in [-0.39, 0.29) is 24.0 Å². The summed E-state index contributed by atoms with van der Waals surface area (Å²) < 4.78 is 0. The molecule has 1 nitrogen and oxygen atoms in total. The average molecular weight is 529 g/mol. The van der Waals surface area contributed by atoms with Crippen molar-refractivity contribution in [2.75, 3.05) is 0 Å². The second-order valence-electron chi connectivity index (χ2n) is 7.17. The smallest absolute Gasteiger partial charge is 0.0972 e. The number of halogens is 1. The molecular formula is C25H25INPS. The van der Waals surface area contributed by atoms with E-state index in [1.165, 1.54) is 32.2 Å². The summed E-state index contributed by atoms with van der Waals surface area (Å²) in [6, 6.07) is 30.8. The van der Waals surface area contributed by atoms with Gasteiger partial charge in [0.05, 0.1) is 10.7 Å². The minimum Gasteiger partial charge on any atom is -0.246 e. The highest BCUT2D eigenvalue weighted by atomic mass is 127. The Morgan fingerprint density at radius 3 is 1.76 bits per heavy atom. The highest BCUT2D eigenvalue weighted by Crippen LogP contribution is 2.32. The lowest BCUT2D eigenvalue weighted by Gasteiger charge is -2.19. The van der Waals surface area contributed by atoms with E-state index in [4.69, 9.17) is 4.98 Å². The molecule has 0 atom stereocenters. The lowest BCUT2D eigenvalue weighted by Crippen LogP contribution is -2.20. The van der Waals surface area contributed by atoms with Crippen LogP contribution in [0, 0.1) is 0 Å². The minimum atomic E-state index is -0.535. The van der Waals surface area contributed by atoms with Gasteiger partial charge < -0.3 is 0 Å². The zero-order valence-electron chi connectivity index (χ0n) is 16.7. The maximum Gasteiger partial charge on any atom is 0.0972 e. The molecule has 148 valence electrons. The van der Waals surface area contributed by atoms with Gasteiger partial charge in [-0.2, -0.15) is 0 Å². The van der Waals surface area contributed by atoms with Crippen LogP contribution in [0.15, 0.2) is 90.3 Å². The predicted molar refractivity (Wildman–Crippen MR) is 140 cm³/mol. The molecule has 1 aromatic heterocycles. The zero-order valence-corrected chi connectivity index (χ0v) is 20.7. The maximum absolute atomic E-state index is 4.78. The summed E-state index contributed by atoms with van der Waals surface area (Å²) in [5.41, 5.74) is 2.53. The van der Waals surface area contributed by atoms with Crippen molar-refractivity contribution >= 4 is 59.1 Å². The monoisotopic (exact) mass is 529 g/mol. The Balaban J connectivity index is 0.00000240. The van der Waals surface area contributed by atoms with Gasteiger partial charge in [0.25, 0.3) is 0 Å². The maximum atomic E-state index is 4.78. The molecule has 4 heteroatoms. The fraction of sp³-hybridized carbons (Fsp3) is 0.160. The van der Waals surface area contributed by atoms with Gasteiger partial charge in [-0.05, 0) is 35.3 Å². The molecule has 0 saturated carbocycles. The molecule has 0 unspecified atom stereocenters. The third kappa shape index (κ3) is 5.53. The number of nitrogens with zero attached hydrogens (tertiary/aromatic N) is 1. The highest BCUT2D eigenvalue weighted by molar-refractivity contribution is 14.0. The summed E-state index contributed by atoms with van der Waals surface area (Å²) in [4.78, 5) is 4.78. The van der Waals surface area contributed by atoms with Crippen LogP contribution < -0.4 is 15.9 Å². The van der Waals surface area contributed by atoms with E-state index in [1.807, 2.05) is 0 Å². The van der Waals surface area contributed by atoms with Gasteiger partial charge in [0.1, 0.15) is 0 Å². The van der Waals surface area contributed by atoms with Crippen LogP contribution in [-0.4, -0.2) is 4.98 Å². The second-order valence-corrected chi connectivity index (χ2v) is 10.3. The van der Waals surface area contributed by atoms with E-state index in [0.717, 1.165) is 6.42 Å². The van der Waals surface area contributed by atoms with E-state index in [2.05, 4.69) is 104 Å². The van der Waals surface area contributed by atoms with E-state index < -0.39 is 7.92 Å². The van der Waals surface area contributed by atoms with Gasteiger partial charge in [0, 0.05) is 11.8 Å². The molecule has 3 aromatic carbocycles. The predicted octanol–water partition coefficient (Wildman–Crippen LogP) is 6.23. The summed E-state index contributed by atoms with van der Waals surface area (Å²) in [7, 11) is -0.535. The van der Waals surface area contributed by atoms with Crippen LogP contribution in [0.1, 0.15) is 36.0 Å².